The summed E-state index contributed by atoms with van der Waals surface area (Å²) in [4.78, 5) is 37.9. The highest BCUT2D eigenvalue weighted by atomic mass is 16.6. The van der Waals surface area contributed by atoms with E-state index < -0.39 is 6.10 Å². The van der Waals surface area contributed by atoms with Gasteiger partial charge in [-0.1, -0.05) is 240 Å². The first-order chi connectivity index (χ1) is 33.5. The van der Waals surface area contributed by atoms with Crippen molar-refractivity contribution < 1.29 is 28.6 Å². The first kappa shape index (κ1) is 64.3. The fraction of sp³-hybridized carbons (Fsp3) is 0.694. The van der Waals surface area contributed by atoms with Crippen LogP contribution in [-0.2, 0) is 28.6 Å². The first-order valence-electron chi connectivity index (χ1n) is 28.2. The van der Waals surface area contributed by atoms with Gasteiger partial charge in [0.05, 0.1) is 0 Å². The summed E-state index contributed by atoms with van der Waals surface area (Å²) < 4.78 is 16.7. The molecule has 6 heteroatoms. The molecule has 0 N–H and O–H groups in total. The van der Waals surface area contributed by atoms with Gasteiger partial charge < -0.3 is 14.2 Å². The van der Waals surface area contributed by atoms with Crippen LogP contribution in [0.4, 0.5) is 0 Å². The Kier molecular flexibility index (Phi) is 52.9. The number of carbonyl (C=O) groups is 3. The summed E-state index contributed by atoms with van der Waals surface area (Å²) in [5.74, 6) is -0.938. The molecule has 0 aliphatic carbocycles. The average molecular weight is 946 g/mol. The Hall–Kier alpha value is -3.67. The van der Waals surface area contributed by atoms with Crippen molar-refractivity contribution in [3.63, 3.8) is 0 Å². The standard InChI is InChI=1S/C62H104O6/c1-4-7-10-13-16-19-21-23-25-26-27-28-29-30-31-32-33-34-35-36-38-39-41-43-46-49-52-55-61(64)67-58-59(57-66-60(63)54-51-48-45-18-15-12-9-6-3)68-62(65)56-53-50-47-44-42-40-37-24-22-20-17-14-11-8-5-2/h7-8,10-11,16-17,19-20,23-25,27-28,37,42,44,59H,4-6,9,12-15,18,21-22,26,29-36,38-41,43,45-58H2,1-3H3/b10-7-,11-8-,19-16-,20-17-,25-23-,28-27-,37-24-,44-42-. The molecule has 0 heterocycles. The van der Waals surface area contributed by atoms with Crippen LogP contribution in [0.2, 0.25) is 0 Å². The van der Waals surface area contributed by atoms with Crippen LogP contribution in [0, 0.1) is 0 Å². The van der Waals surface area contributed by atoms with Crippen molar-refractivity contribution in [2.75, 3.05) is 13.2 Å². The maximum absolute atomic E-state index is 12.8. The Bertz CT molecular complexity index is 1360. The van der Waals surface area contributed by atoms with Gasteiger partial charge in [-0.15, -0.1) is 0 Å². The molecule has 0 saturated carbocycles. The number of carbonyl (C=O) groups excluding carboxylic acids is 3. The predicted octanol–water partition coefficient (Wildman–Crippen LogP) is 18.9. The Labute approximate surface area is 419 Å². The van der Waals surface area contributed by atoms with Gasteiger partial charge in [0.15, 0.2) is 6.10 Å². The molecular formula is C62H104O6. The summed E-state index contributed by atoms with van der Waals surface area (Å²) >= 11 is 0. The van der Waals surface area contributed by atoms with Crippen molar-refractivity contribution in [3.05, 3.63) is 97.2 Å². The molecule has 0 aromatic heterocycles. The lowest BCUT2D eigenvalue weighted by molar-refractivity contribution is -0.167. The highest BCUT2D eigenvalue weighted by Gasteiger charge is 2.19. The van der Waals surface area contributed by atoms with Crippen molar-refractivity contribution in [1.29, 1.82) is 0 Å². The molecule has 0 aliphatic heterocycles. The van der Waals surface area contributed by atoms with Crippen LogP contribution in [0.25, 0.3) is 0 Å². The Balaban J connectivity index is 4.19. The third kappa shape index (κ3) is 53.3. The molecule has 0 spiro atoms. The largest absolute Gasteiger partial charge is 0.462 e. The highest BCUT2D eigenvalue weighted by Crippen LogP contribution is 2.15. The Morgan fingerprint density at radius 3 is 0.926 bits per heavy atom. The molecule has 388 valence electrons. The zero-order valence-electron chi connectivity index (χ0n) is 44.3. The summed E-state index contributed by atoms with van der Waals surface area (Å²) in [6.45, 7) is 6.35. The van der Waals surface area contributed by atoms with Gasteiger partial charge in [-0.25, -0.2) is 0 Å². The maximum Gasteiger partial charge on any atom is 0.306 e. The van der Waals surface area contributed by atoms with E-state index in [2.05, 4.69) is 118 Å². The van der Waals surface area contributed by atoms with E-state index in [0.717, 1.165) is 103 Å². The van der Waals surface area contributed by atoms with E-state index in [1.807, 2.05) is 0 Å². The second-order valence-corrected chi connectivity index (χ2v) is 18.4. The van der Waals surface area contributed by atoms with Gasteiger partial charge in [-0.05, 0) is 96.3 Å². The topological polar surface area (TPSA) is 78.9 Å². The van der Waals surface area contributed by atoms with Crippen molar-refractivity contribution in [2.45, 2.75) is 264 Å². The SMILES string of the molecule is CC/C=C\C/C=C\C/C=C\C/C=C\CCCCCCCCCCCCCCCCC(=O)OCC(COC(=O)CCCCCCCCCC)OC(=O)CCCC/C=C\C/C=C\C/C=C\C/C=C\CC. The number of rotatable bonds is 50. The highest BCUT2D eigenvalue weighted by molar-refractivity contribution is 5.71. The van der Waals surface area contributed by atoms with Gasteiger partial charge in [0.1, 0.15) is 13.2 Å². The lowest BCUT2D eigenvalue weighted by Crippen LogP contribution is -2.30. The zero-order chi connectivity index (χ0) is 49.3. The molecule has 0 amide bonds. The van der Waals surface area contributed by atoms with Gasteiger partial charge in [0.2, 0.25) is 0 Å². The van der Waals surface area contributed by atoms with E-state index in [1.165, 1.54) is 109 Å². The van der Waals surface area contributed by atoms with E-state index in [1.54, 1.807) is 0 Å². The minimum Gasteiger partial charge on any atom is -0.462 e. The third-order valence-electron chi connectivity index (χ3n) is 11.8. The van der Waals surface area contributed by atoms with Gasteiger partial charge in [0, 0.05) is 19.3 Å². The average Bonchev–Trinajstić information content (AvgIpc) is 3.34. The number of unbranched alkanes of at least 4 members (excludes halogenated alkanes) is 23. The molecule has 0 aliphatic rings. The lowest BCUT2D eigenvalue weighted by atomic mass is 10.0. The summed E-state index contributed by atoms with van der Waals surface area (Å²) in [5.41, 5.74) is 0. The summed E-state index contributed by atoms with van der Waals surface area (Å²) in [6, 6.07) is 0. The van der Waals surface area contributed by atoms with Crippen LogP contribution in [0.3, 0.4) is 0 Å². The minimum atomic E-state index is -0.796. The fourth-order valence-corrected chi connectivity index (χ4v) is 7.66. The van der Waals surface area contributed by atoms with Crippen molar-refractivity contribution in [2.24, 2.45) is 0 Å². The predicted molar refractivity (Wildman–Crippen MR) is 293 cm³/mol. The number of hydrogen-bond acceptors (Lipinski definition) is 6. The van der Waals surface area contributed by atoms with Gasteiger partial charge in [-0.2, -0.15) is 0 Å². The van der Waals surface area contributed by atoms with Gasteiger partial charge in [-0.3, -0.25) is 14.4 Å². The van der Waals surface area contributed by atoms with Gasteiger partial charge in [0.25, 0.3) is 0 Å². The normalized spacial score (nSPS) is 12.8. The quantitative estimate of drug-likeness (QED) is 0.0262. The fourth-order valence-electron chi connectivity index (χ4n) is 7.66. The molecule has 0 aromatic carbocycles. The summed E-state index contributed by atoms with van der Waals surface area (Å²) in [5, 5.41) is 0. The molecule has 0 radical (unpaired) electrons. The van der Waals surface area contributed by atoms with Crippen molar-refractivity contribution >= 4 is 17.9 Å². The first-order valence-corrected chi connectivity index (χ1v) is 28.2. The zero-order valence-corrected chi connectivity index (χ0v) is 44.3. The molecular weight excluding hydrogens is 841 g/mol. The minimum absolute atomic E-state index is 0.0927. The summed E-state index contributed by atoms with van der Waals surface area (Å²) in [6.07, 6.45) is 74.2. The second kappa shape index (κ2) is 55.9. The number of ether oxygens (including phenoxy) is 3. The molecule has 0 rings (SSSR count). The smallest absolute Gasteiger partial charge is 0.306 e. The van der Waals surface area contributed by atoms with Crippen LogP contribution in [0.1, 0.15) is 258 Å². The Morgan fingerprint density at radius 2 is 0.574 bits per heavy atom. The second-order valence-electron chi connectivity index (χ2n) is 18.4. The monoisotopic (exact) mass is 945 g/mol. The van der Waals surface area contributed by atoms with Gasteiger partial charge >= 0.3 is 17.9 Å². The molecule has 0 aromatic rings. The third-order valence-corrected chi connectivity index (χ3v) is 11.8. The van der Waals surface area contributed by atoms with Crippen LogP contribution in [-0.4, -0.2) is 37.2 Å². The lowest BCUT2D eigenvalue weighted by Gasteiger charge is -2.18. The molecule has 1 atom stereocenters. The number of allylic oxidation sites excluding steroid dienone is 16. The molecule has 6 nitrogen and oxygen atoms in total. The molecule has 0 fully saturated rings. The summed E-state index contributed by atoms with van der Waals surface area (Å²) in [7, 11) is 0. The molecule has 0 saturated heterocycles. The molecule has 68 heavy (non-hydrogen) atoms. The van der Waals surface area contributed by atoms with Crippen molar-refractivity contribution in [1.82, 2.24) is 0 Å². The van der Waals surface area contributed by atoms with E-state index in [9.17, 15) is 14.4 Å². The van der Waals surface area contributed by atoms with Crippen LogP contribution in [0.5, 0.6) is 0 Å². The van der Waals surface area contributed by atoms with E-state index in [-0.39, 0.29) is 37.5 Å². The molecule has 1 unspecified atom stereocenters. The molecule has 0 bridgehead atoms. The van der Waals surface area contributed by atoms with E-state index >= 15 is 0 Å². The Morgan fingerprint density at radius 1 is 0.309 bits per heavy atom. The van der Waals surface area contributed by atoms with Crippen LogP contribution < -0.4 is 0 Å². The number of esters is 3. The van der Waals surface area contributed by atoms with Crippen LogP contribution >= 0.6 is 0 Å². The van der Waals surface area contributed by atoms with Crippen LogP contribution in [0.15, 0.2) is 97.2 Å². The van der Waals surface area contributed by atoms with E-state index in [0.29, 0.717) is 19.3 Å². The van der Waals surface area contributed by atoms with Crippen molar-refractivity contribution in [3.8, 4) is 0 Å². The number of hydrogen-bond donors (Lipinski definition) is 0. The van der Waals surface area contributed by atoms with E-state index in [4.69, 9.17) is 14.2 Å². The maximum atomic E-state index is 12.8.